The molecule has 1 atom stereocenters. The standard InChI is InChI=1S/C12H10Cl3NO2S2/c1-7(8-3-2-4-9(13)5-8)16-20(17,18)10-6-11(14)19-12(10)15/h2-7,16H,1H3. The van der Waals surface area contributed by atoms with Gasteiger partial charge in [0, 0.05) is 11.1 Å². The van der Waals surface area contributed by atoms with Gasteiger partial charge in [0.15, 0.2) is 0 Å². The average Bonchev–Trinajstić information content (AvgIpc) is 2.69. The summed E-state index contributed by atoms with van der Waals surface area (Å²) in [6.45, 7) is 1.73. The van der Waals surface area contributed by atoms with Crippen molar-refractivity contribution in [3.63, 3.8) is 0 Å². The zero-order valence-corrected chi connectivity index (χ0v) is 14.1. The molecule has 8 heteroatoms. The van der Waals surface area contributed by atoms with Crippen molar-refractivity contribution in [3.8, 4) is 0 Å². The van der Waals surface area contributed by atoms with E-state index in [0.29, 0.717) is 9.36 Å². The van der Waals surface area contributed by atoms with E-state index in [2.05, 4.69) is 4.72 Å². The summed E-state index contributed by atoms with van der Waals surface area (Å²) in [5.74, 6) is 0. The summed E-state index contributed by atoms with van der Waals surface area (Å²) in [4.78, 5) is -0.0111. The minimum absolute atomic E-state index is 0.0111. The molecule has 0 saturated carbocycles. The molecule has 20 heavy (non-hydrogen) atoms. The molecule has 0 aliphatic rings. The largest absolute Gasteiger partial charge is 0.243 e. The summed E-state index contributed by atoms with van der Waals surface area (Å²) in [7, 11) is -3.73. The fourth-order valence-electron chi connectivity index (χ4n) is 1.65. The van der Waals surface area contributed by atoms with Crippen molar-refractivity contribution in [1.82, 2.24) is 4.72 Å². The first-order valence-corrected chi connectivity index (χ1v) is 8.95. The highest BCUT2D eigenvalue weighted by molar-refractivity contribution is 7.89. The molecule has 0 fully saturated rings. The molecule has 0 aliphatic heterocycles. The molecule has 1 aromatic carbocycles. The fraction of sp³-hybridized carbons (Fsp3) is 0.167. The highest BCUT2D eigenvalue weighted by atomic mass is 35.5. The molecular formula is C12H10Cl3NO2S2. The Kier molecular flexibility index (Phi) is 5.00. The van der Waals surface area contributed by atoms with E-state index < -0.39 is 16.1 Å². The number of halogens is 3. The van der Waals surface area contributed by atoms with E-state index in [0.717, 1.165) is 16.9 Å². The minimum atomic E-state index is -3.73. The van der Waals surface area contributed by atoms with E-state index in [-0.39, 0.29) is 9.23 Å². The molecule has 1 aromatic heterocycles. The van der Waals surface area contributed by atoms with Gasteiger partial charge in [0.05, 0.1) is 4.34 Å². The van der Waals surface area contributed by atoms with Gasteiger partial charge in [-0.05, 0) is 30.7 Å². The van der Waals surface area contributed by atoms with Gasteiger partial charge in [-0.3, -0.25) is 0 Å². The minimum Gasteiger partial charge on any atom is -0.207 e. The van der Waals surface area contributed by atoms with Crippen LogP contribution in [0.4, 0.5) is 0 Å². The molecule has 3 nitrogen and oxygen atoms in total. The number of nitrogens with one attached hydrogen (secondary N) is 1. The van der Waals surface area contributed by atoms with Gasteiger partial charge in [-0.15, -0.1) is 11.3 Å². The van der Waals surface area contributed by atoms with Gasteiger partial charge in [-0.2, -0.15) is 0 Å². The van der Waals surface area contributed by atoms with E-state index >= 15 is 0 Å². The van der Waals surface area contributed by atoms with Crippen LogP contribution in [-0.2, 0) is 10.0 Å². The maximum Gasteiger partial charge on any atom is 0.243 e. The van der Waals surface area contributed by atoms with Gasteiger partial charge in [-0.1, -0.05) is 46.9 Å². The molecule has 0 radical (unpaired) electrons. The Bertz CT molecular complexity index is 728. The highest BCUT2D eigenvalue weighted by Gasteiger charge is 2.23. The van der Waals surface area contributed by atoms with E-state index in [4.69, 9.17) is 34.8 Å². The second-order valence-electron chi connectivity index (χ2n) is 4.09. The van der Waals surface area contributed by atoms with Gasteiger partial charge in [-0.25, -0.2) is 13.1 Å². The van der Waals surface area contributed by atoms with Gasteiger partial charge in [0.1, 0.15) is 9.23 Å². The summed E-state index contributed by atoms with van der Waals surface area (Å²) in [5, 5.41) is 0.546. The van der Waals surface area contributed by atoms with Crippen molar-refractivity contribution in [2.24, 2.45) is 0 Å². The molecule has 108 valence electrons. The maximum atomic E-state index is 12.3. The van der Waals surface area contributed by atoms with E-state index in [1.165, 1.54) is 6.07 Å². The van der Waals surface area contributed by atoms with Crippen LogP contribution in [0.2, 0.25) is 13.7 Å². The zero-order chi connectivity index (χ0) is 14.9. The Balaban J connectivity index is 2.27. The van der Waals surface area contributed by atoms with Crippen molar-refractivity contribution in [2.45, 2.75) is 17.9 Å². The van der Waals surface area contributed by atoms with Gasteiger partial charge in [0.2, 0.25) is 10.0 Å². The number of thiophene rings is 1. The Labute approximate surface area is 136 Å². The second-order valence-corrected chi connectivity index (χ2v) is 8.49. The number of benzene rings is 1. The molecule has 0 bridgehead atoms. The summed E-state index contributed by atoms with van der Waals surface area (Å²) in [5.41, 5.74) is 0.763. The van der Waals surface area contributed by atoms with Crippen molar-refractivity contribution >= 4 is 56.2 Å². The van der Waals surface area contributed by atoms with Gasteiger partial charge < -0.3 is 0 Å². The molecule has 1 unspecified atom stereocenters. The predicted molar refractivity (Wildman–Crippen MR) is 84.5 cm³/mol. The lowest BCUT2D eigenvalue weighted by Crippen LogP contribution is -2.26. The van der Waals surface area contributed by atoms with Gasteiger partial charge >= 0.3 is 0 Å². The maximum absolute atomic E-state index is 12.3. The van der Waals surface area contributed by atoms with E-state index in [1.807, 2.05) is 0 Å². The highest BCUT2D eigenvalue weighted by Crippen LogP contribution is 2.34. The first-order chi connectivity index (χ1) is 9.29. The Morgan fingerprint density at radius 1 is 1.20 bits per heavy atom. The molecule has 0 spiro atoms. The van der Waals surface area contributed by atoms with Crippen LogP contribution in [0.15, 0.2) is 35.2 Å². The van der Waals surface area contributed by atoms with Crippen molar-refractivity contribution in [2.75, 3.05) is 0 Å². The third kappa shape index (κ3) is 3.67. The van der Waals surface area contributed by atoms with Crippen LogP contribution < -0.4 is 4.72 Å². The summed E-state index contributed by atoms with van der Waals surface area (Å²) < 4.78 is 27.5. The van der Waals surface area contributed by atoms with E-state index in [9.17, 15) is 8.42 Å². The van der Waals surface area contributed by atoms with Crippen molar-refractivity contribution in [1.29, 1.82) is 0 Å². The van der Waals surface area contributed by atoms with Crippen LogP contribution in [-0.4, -0.2) is 8.42 Å². The number of hydrogen-bond acceptors (Lipinski definition) is 3. The SMILES string of the molecule is CC(NS(=O)(=O)c1cc(Cl)sc1Cl)c1cccc(Cl)c1. The van der Waals surface area contributed by atoms with Crippen molar-refractivity contribution in [3.05, 3.63) is 49.6 Å². The lowest BCUT2D eigenvalue weighted by molar-refractivity contribution is 0.567. The first kappa shape index (κ1) is 16.1. The molecule has 1 N–H and O–H groups in total. The Hall–Kier alpha value is -0.300. The molecule has 2 aromatic rings. The summed E-state index contributed by atoms with van der Waals surface area (Å²) in [6, 6.07) is 7.88. The molecule has 0 amide bonds. The number of rotatable bonds is 4. The van der Waals surface area contributed by atoms with Gasteiger partial charge in [0.25, 0.3) is 0 Å². The second kappa shape index (κ2) is 6.22. The Morgan fingerprint density at radius 3 is 2.45 bits per heavy atom. The Morgan fingerprint density at radius 2 is 1.90 bits per heavy atom. The topological polar surface area (TPSA) is 46.2 Å². The average molecular weight is 371 g/mol. The number of hydrogen-bond donors (Lipinski definition) is 1. The van der Waals surface area contributed by atoms with Crippen LogP contribution in [0.5, 0.6) is 0 Å². The quantitative estimate of drug-likeness (QED) is 0.844. The lowest BCUT2D eigenvalue weighted by Gasteiger charge is -2.14. The fourth-order valence-corrected chi connectivity index (χ4v) is 5.23. The van der Waals surface area contributed by atoms with Crippen LogP contribution >= 0.6 is 46.1 Å². The monoisotopic (exact) mass is 369 g/mol. The molecule has 0 saturated heterocycles. The van der Waals surface area contributed by atoms with Crippen LogP contribution in [0.1, 0.15) is 18.5 Å². The number of sulfonamides is 1. The molecule has 0 aliphatic carbocycles. The van der Waals surface area contributed by atoms with E-state index in [1.54, 1.807) is 31.2 Å². The smallest absolute Gasteiger partial charge is 0.207 e. The summed E-state index contributed by atoms with van der Waals surface area (Å²) in [6.07, 6.45) is 0. The third-order valence-electron chi connectivity index (χ3n) is 2.60. The lowest BCUT2D eigenvalue weighted by atomic mass is 10.1. The zero-order valence-electron chi connectivity index (χ0n) is 10.2. The molecule has 1 heterocycles. The first-order valence-electron chi connectivity index (χ1n) is 5.52. The predicted octanol–water partition coefficient (Wildman–Crippen LogP) is 4.75. The van der Waals surface area contributed by atoms with Crippen LogP contribution in [0, 0.1) is 0 Å². The van der Waals surface area contributed by atoms with Crippen LogP contribution in [0.3, 0.4) is 0 Å². The summed E-state index contributed by atoms with van der Waals surface area (Å²) >= 11 is 18.6. The van der Waals surface area contributed by atoms with Crippen molar-refractivity contribution < 1.29 is 8.42 Å². The third-order valence-corrected chi connectivity index (χ3v) is 6.12. The van der Waals surface area contributed by atoms with Crippen LogP contribution in [0.25, 0.3) is 0 Å². The molecular weight excluding hydrogens is 361 g/mol. The molecule has 2 rings (SSSR count). The normalized spacial score (nSPS) is 13.4.